The van der Waals surface area contributed by atoms with Gasteiger partial charge >= 0.3 is 0 Å². The average molecular weight is 488 g/mol. The lowest BCUT2D eigenvalue weighted by molar-refractivity contribution is -0.117. The Morgan fingerprint density at radius 1 is 1.12 bits per heavy atom. The van der Waals surface area contributed by atoms with Crippen molar-refractivity contribution < 1.29 is 18.0 Å². The molecule has 2 atom stereocenters. The molecular formula is C24H29N3O4S2. The Balaban J connectivity index is 1.44. The molecule has 0 radical (unpaired) electrons. The van der Waals surface area contributed by atoms with Crippen molar-refractivity contribution in [2.75, 3.05) is 5.32 Å². The molecule has 1 aliphatic heterocycles. The summed E-state index contributed by atoms with van der Waals surface area (Å²) >= 11 is 1.53. The van der Waals surface area contributed by atoms with Crippen LogP contribution in [0.4, 0.5) is 5.69 Å². The van der Waals surface area contributed by atoms with Gasteiger partial charge in [-0.2, -0.15) is 4.31 Å². The van der Waals surface area contributed by atoms with Crippen LogP contribution in [0.15, 0.2) is 47.9 Å². The monoisotopic (exact) mass is 487 g/mol. The SMILES string of the molecule is C=CC(=O)NC1CC(C)N(S(=O)(=O)c2ccc(NC(=O)c3cc4c(s3)CCC4)cc2)C(C)C1. The van der Waals surface area contributed by atoms with Crippen LogP contribution in [-0.4, -0.2) is 42.7 Å². The van der Waals surface area contributed by atoms with Gasteiger partial charge in [-0.3, -0.25) is 9.59 Å². The Labute approximate surface area is 198 Å². The average Bonchev–Trinajstić information content (AvgIpc) is 3.36. The van der Waals surface area contributed by atoms with Gasteiger partial charge in [0.15, 0.2) is 0 Å². The van der Waals surface area contributed by atoms with E-state index in [1.165, 1.54) is 44.3 Å². The van der Waals surface area contributed by atoms with E-state index in [0.717, 1.165) is 19.3 Å². The summed E-state index contributed by atoms with van der Waals surface area (Å²) in [6.07, 6.45) is 5.50. The molecule has 2 heterocycles. The first-order valence-electron chi connectivity index (χ1n) is 11.2. The fourth-order valence-corrected chi connectivity index (χ4v) is 7.87. The minimum atomic E-state index is -3.72. The fourth-order valence-electron chi connectivity index (χ4n) is 4.88. The maximum atomic E-state index is 13.4. The highest BCUT2D eigenvalue weighted by Gasteiger charge is 2.39. The highest BCUT2D eigenvalue weighted by atomic mass is 32.2. The summed E-state index contributed by atoms with van der Waals surface area (Å²) in [4.78, 5) is 26.4. The van der Waals surface area contributed by atoms with E-state index in [4.69, 9.17) is 0 Å². The Bertz CT molecular complexity index is 1140. The third-order valence-corrected chi connectivity index (χ3v) is 9.69. The van der Waals surface area contributed by atoms with Crippen molar-refractivity contribution in [3.63, 3.8) is 0 Å². The Kier molecular flexibility index (Phi) is 6.74. The van der Waals surface area contributed by atoms with Gasteiger partial charge in [0.1, 0.15) is 0 Å². The third-order valence-electron chi connectivity index (χ3n) is 6.31. The number of thiophene rings is 1. The predicted molar refractivity (Wildman–Crippen MR) is 130 cm³/mol. The summed E-state index contributed by atoms with van der Waals surface area (Å²) in [6.45, 7) is 7.18. The normalized spacial score (nSPS) is 23.0. The molecule has 4 rings (SSSR count). The van der Waals surface area contributed by atoms with Gasteiger partial charge in [0, 0.05) is 28.7 Å². The lowest BCUT2D eigenvalue weighted by Crippen LogP contribution is -2.54. The number of aryl methyl sites for hydroxylation is 2. The first kappa shape index (κ1) is 23.7. The first-order chi connectivity index (χ1) is 15.7. The molecule has 2 aliphatic rings. The number of amides is 2. The van der Waals surface area contributed by atoms with E-state index in [9.17, 15) is 18.0 Å². The van der Waals surface area contributed by atoms with Crippen LogP contribution in [0.25, 0.3) is 0 Å². The number of sulfonamides is 1. The molecule has 2 aromatic rings. The van der Waals surface area contributed by atoms with Crippen molar-refractivity contribution in [3.8, 4) is 0 Å². The molecule has 1 aromatic heterocycles. The molecule has 7 nitrogen and oxygen atoms in total. The van der Waals surface area contributed by atoms with Crippen LogP contribution in [-0.2, 0) is 27.7 Å². The zero-order chi connectivity index (χ0) is 23.8. The molecule has 1 saturated heterocycles. The quantitative estimate of drug-likeness (QED) is 0.607. The molecule has 9 heteroatoms. The van der Waals surface area contributed by atoms with Crippen LogP contribution >= 0.6 is 11.3 Å². The van der Waals surface area contributed by atoms with Crippen molar-refractivity contribution in [1.82, 2.24) is 9.62 Å². The number of nitrogens with one attached hydrogen (secondary N) is 2. The van der Waals surface area contributed by atoms with E-state index < -0.39 is 10.0 Å². The van der Waals surface area contributed by atoms with E-state index in [-0.39, 0.29) is 34.8 Å². The van der Waals surface area contributed by atoms with Gasteiger partial charge in [0.2, 0.25) is 15.9 Å². The number of fused-ring (bicyclic) bond motifs is 1. The maximum absolute atomic E-state index is 13.4. The van der Waals surface area contributed by atoms with E-state index >= 15 is 0 Å². The summed E-state index contributed by atoms with van der Waals surface area (Å²) in [7, 11) is -3.72. The second-order valence-electron chi connectivity index (χ2n) is 8.81. The van der Waals surface area contributed by atoms with Gasteiger partial charge in [0.05, 0.1) is 9.77 Å². The number of nitrogens with zero attached hydrogens (tertiary/aromatic N) is 1. The van der Waals surface area contributed by atoms with Gasteiger partial charge in [-0.05, 0) is 87.9 Å². The minimum Gasteiger partial charge on any atom is -0.350 e. The molecule has 1 aromatic carbocycles. The fraction of sp³-hybridized carbons (Fsp3) is 0.417. The van der Waals surface area contributed by atoms with E-state index in [2.05, 4.69) is 17.2 Å². The second-order valence-corrected chi connectivity index (χ2v) is 11.8. The van der Waals surface area contributed by atoms with Crippen LogP contribution in [0.2, 0.25) is 0 Å². The Morgan fingerprint density at radius 3 is 2.39 bits per heavy atom. The minimum absolute atomic E-state index is 0.0943. The van der Waals surface area contributed by atoms with Gasteiger partial charge in [0.25, 0.3) is 5.91 Å². The van der Waals surface area contributed by atoms with Crippen LogP contribution < -0.4 is 10.6 Å². The lowest BCUT2D eigenvalue weighted by Gasteiger charge is -2.41. The van der Waals surface area contributed by atoms with E-state index in [1.807, 2.05) is 19.9 Å². The highest BCUT2D eigenvalue weighted by molar-refractivity contribution is 7.89. The maximum Gasteiger partial charge on any atom is 0.265 e. The van der Waals surface area contributed by atoms with Gasteiger partial charge in [-0.15, -0.1) is 11.3 Å². The summed E-state index contributed by atoms with van der Waals surface area (Å²) in [5.74, 6) is -0.420. The summed E-state index contributed by atoms with van der Waals surface area (Å²) in [5.41, 5.74) is 1.82. The number of hydrogen-bond donors (Lipinski definition) is 2. The summed E-state index contributed by atoms with van der Waals surface area (Å²) < 4.78 is 28.2. The van der Waals surface area contributed by atoms with Crippen molar-refractivity contribution in [2.45, 2.75) is 69.0 Å². The topological polar surface area (TPSA) is 95.6 Å². The molecule has 0 bridgehead atoms. The number of anilines is 1. The Hall–Kier alpha value is -2.49. The van der Waals surface area contributed by atoms with Crippen LogP contribution in [0.5, 0.6) is 0 Å². The van der Waals surface area contributed by atoms with Crippen molar-refractivity contribution in [3.05, 3.63) is 58.3 Å². The summed E-state index contributed by atoms with van der Waals surface area (Å²) in [6, 6.07) is 7.64. The zero-order valence-electron chi connectivity index (χ0n) is 18.8. The lowest BCUT2D eigenvalue weighted by atomic mass is 9.95. The number of rotatable bonds is 6. The molecule has 2 unspecified atom stereocenters. The van der Waals surface area contributed by atoms with Crippen LogP contribution in [0.3, 0.4) is 0 Å². The zero-order valence-corrected chi connectivity index (χ0v) is 20.5. The van der Waals surface area contributed by atoms with Crippen molar-refractivity contribution in [2.24, 2.45) is 0 Å². The largest absolute Gasteiger partial charge is 0.350 e. The van der Waals surface area contributed by atoms with Crippen LogP contribution in [0.1, 0.15) is 53.2 Å². The molecule has 1 fully saturated rings. The molecular weight excluding hydrogens is 458 g/mol. The predicted octanol–water partition coefficient (Wildman–Crippen LogP) is 3.72. The first-order valence-corrected chi connectivity index (χ1v) is 13.4. The number of piperidine rings is 1. The summed E-state index contributed by atoms with van der Waals surface area (Å²) in [5, 5.41) is 5.74. The molecule has 176 valence electrons. The standard InChI is InChI=1S/C24H29N3O4S2/c1-4-23(28)25-19-12-15(2)27(16(3)13-19)33(30,31)20-10-8-18(9-11-20)26-24(29)22-14-17-6-5-7-21(17)32-22/h4,8-11,14-16,19H,1,5-7,12-13H2,2-3H3,(H,25,28)(H,26,29). The molecule has 0 saturated carbocycles. The number of hydrogen-bond acceptors (Lipinski definition) is 5. The molecule has 0 spiro atoms. The third kappa shape index (κ3) is 4.90. The highest BCUT2D eigenvalue weighted by Crippen LogP contribution is 2.32. The molecule has 2 N–H and O–H groups in total. The van der Waals surface area contributed by atoms with Gasteiger partial charge in [-0.25, -0.2) is 8.42 Å². The van der Waals surface area contributed by atoms with Crippen LogP contribution in [0, 0.1) is 0 Å². The second kappa shape index (κ2) is 9.40. The molecule has 33 heavy (non-hydrogen) atoms. The van der Waals surface area contributed by atoms with E-state index in [1.54, 1.807) is 12.1 Å². The van der Waals surface area contributed by atoms with Crippen molar-refractivity contribution >= 4 is 38.9 Å². The van der Waals surface area contributed by atoms with Crippen molar-refractivity contribution in [1.29, 1.82) is 0 Å². The Morgan fingerprint density at radius 2 is 1.79 bits per heavy atom. The van der Waals surface area contributed by atoms with Gasteiger partial charge in [-0.1, -0.05) is 6.58 Å². The number of benzene rings is 1. The molecule has 1 aliphatic carbocycles. The number of carbonyl (C=O) groups excluding carboxylic acids is 2. The number of carbonyl (C=O) groups is 2. The van der Waals surface area contributed by atoms with Gasteiger partial charge < -0.3 is 10.6 Å². The molecule has 2 amide bonds. The smallest absolute Gasteiger partial charge is 0.265 e. The van der Waals surface area contributed by atoms with E-state index in [0.29, 0.717) is 23.4 Å².